The van der Waals surface area contributed by atoms with E-state index in [1.54, 1.807) is 6.26 Å². The zero-order valence-electron chi connectivity index (χ0n) is 15.9. The molecule has 7 nitrogen and oxygen atoms in total. The van der Waals surface area contributed by atoms with Gasteiger partial charge in [0.05, 0.1) is 30.9 Å². The van der Waals surface area contributed by atoms with Crippen molar-refractivity contribution in [1.29, 1.82) is 0 Å². The second kappa shape index (κ2) is 8.52. The van der Waals surface area contributed by atoms with Gasteiger partial charge in [-0.15, -0.1) is 0 Å². The quantitative estimate of drug-likeness (QED) is 0.841. The van der Waals surface area contributed by atoms with E-state index in [0.717, 1.165) is 44.9 Å². The number of carbonyl (C=O) groups excluding carboxylic acids is 1. The van der Waals surface area contributed by atoms with Crippen LogP contribution in [0.25, 0.3) is 0 Å². The van der Waals surface area contributed by atoms with Gasteiger partial charge in [-0.05, 0) is 39.4 Å². The summed E-state index contributed by atoms with van der Waals surface area (Å²) in [4.78, 5) is 18.9. The van der Waals surface area contributed by atoms with E-state index in [-0.39, 0.29) is 5.91 Å². The molecule has 1 aromatic heterocycles. The lowest BCUT2D eigenvalue weighted by molar-refractivity contribution is 0.00305. The summed E-state index contributed by atoms with van der Waals surface area (Å²) in [5, 5.41) is 10.8. The van der Waals surface area contributed by atoms with E-state index >= 15 is 0 Å². The summed E-state index contributed by atoms with van der Waals surface area (Å²) in [5.41, 5.74) is -0.109. The molecule has 2 saturated heterocycles. The average Bonchev–Trinajstić information content (AvgIpc) is 2.97. The van der Waals surface area contributed by atoms with E-state index in [4.69, 9.17) is 9.15 Å². The minimum absolute atomic E-state index is 0.00363. The molecule has 146 valence electrons. The molecule has 1 amide bonds. The zero-order chi connectivity index (χ0) is 18.6. The van der Waals surface area contributed by atoms with Crippen molar-refractivity contribution in [3.05, 3.63) is 23.7 Å². The van der Waals surface area contributed by atoms with Crippen LogP contribution in [0, 0.1) is 0 Å². The number of likely N-dealkylation sites (tertiary alicyclic amines) is 1. The fourth-order valence-electron chi connectivity index (χ4n) is 3.87. The topological polar surface area (TPSA) is 69.4 Å². The molecular formula is C19H31N3O4. The Morgan fingerprint density at radius 1 is 1.23 bits per heavy atom. The Kier molecular flexibility index (Phi) is 6.34. The SMILES string of the molecule is CN(C)C[C@@]1(O)CCCN(C(=O)c2coc(CN3CCOCC3)c2)CC1. The molecule has 26 heavy (non-hydrogen) atoms. The van der Waals surface area contributed by atoms with Gasteiger partial charge in [-0.1, -0.05) is 0 Å². The van der Waals surface area contributed by atoms with Crippen molar-refractivity contribution >= 4 is 5.91 Å². The molecule has 3 rings (SSSR count). The first kappa shape index (κ1) is 19.4. The van der Waals surface area contributed by atoms with Crippen molar-refractivity contribution in [1.82, 2.24) is 14.7 Å². The summed E-state index contributed by atoms with van der Waals surface area (Å²) < 4.78 is 11.0. The fourth-order valence-corrected chi connectivity index (χ4v) is 3.87. The second-order valence-corrected chi connectivity index (χ2v) is 7.80. The maximum Gasteiger partial charge on any atom is 0.257 e. The van der Waals surface area contributed by atoms with Crippen molar-refractivity contribution in [3.8, 4) is 0 Å². The summed E-state index contributed by atoms with van der Waals surface area (Å²) in [6.07, 6.45) is 3.71. The molecule has 1 N–H and O–H groups in total. The molecular weight excluding hydrogens is 334 g/mol. The molecule has 1 aromatic rings. The molecule has 1 atom stereocenters. The number of hydrogen-bond acceptors (Lipinski definition) is 6. The fraction of sp³-hybridized carbons (Fsp3) is 0.737. The lowest BCUT2D eigenvalue weighted by Crippen LogP contribution is -2.41. The van der Waals surface area contributed by atoms with Crippen LogP contribution in [0.4, 0.5) is 0 Å². The molecule has 0 aromatic carbocycles. The van der Waals surface area contributed by atoms with Gasteiger partial charge in [0.15, 0.2) is 0 Å². The van der Waals surface area contributed by atoms with Crippen LogP contribution in [-0.2, 0) is 11.3 Å². The van der Waals surface area contributed by atoms with Crippen molar-refractivity contribution in [3.63, 3.8) is 0 Å². The molecule has 0 aliphatic carbocycles. The Labute approximate surface area is 155 Å². The second-order valence-electron chi connectivity index (χ2n) is 7.80. The molecule has 2 aliphatic rings. The van der Waals surface area contributed by atoms with E-state index in [1.165, 1.54) is 0 Å². The smallest absolute Gasteiger partial charge is 0.257 e. The maximum absolute atomic E-state index is 12.8. The lowest BCUT2D eigenvalue weighted by Gasteiger charge is -2.29. The van der Waals surface area contributed by atoms with Crippen LogP contribution in [0.15, 0.2) is 16.7 Å². The molecule has 7 heteroatoms. The van der Waals surface area contributed by atoms with Gasteiger partial charge < -0.3 is 24.1 Å². The van der Waals surface area contributed by atoms with Crippen molar-refractivity contribution in [2.45, 2.75) is 31.4 Å². The normalized spacial score (nSPS) is 25.5. The van der Waals surface area contributed by atoms with Gasteiger partial charge in [-0.2, -0.15) is 0 Å². The first-order chi connectivity index (χ1) is 12.5. The highest BCUT2D eigenvalue weighted by Gasteiger charge is 2.32. The van der Waals surface area contributed by atoms with Gasteiger partial charge in [-0.25, -0.2) is 0 Å². The largest absolute Gasteiger partial charge is 0.467 e. The van der Waals surface area contributed by atoms with E-state index in [0.29, 0.717) is 38.2 Å². The van der Waals surface area contributed by atoms with E-state index in [9.17, 15) is 9.90 Å². The number of rotatable bonds is 5. The number of ether oxygens (including phenoxy) is 1. The number of furan rings is 1. The molecule has 3 heterocycles. The van der Waals surface area contributed by atoms with Crippen LogP contribution < -0.4 is 0 Å². The average molecular weight is 365 g/mol. The summed E-state index contributed by atoms with van der Waals surface area (Å²) in [6.45, 7) is 5.86. The predicted octanol–water partition coefficient (Wildman–Crippen LogP) is 1.03. The van der Waals surface area contributed by atoms with Crippen LogP contribution in [0.3, 0.4) is 0 Å². The minimum Gasteiger partial charge on any atom is -0.467 e. The predicted molar refractivity (Wildman–Crippen MR) is 98.1 cm³/mol. The van der Waals surface area contributed by atoms with Gasteiger partial charge >= 0.3 is 0 Å². The molecule has 0 spiro atoms. The monoisotopic (exact) mass is 365 g/mol. The zero-order valence-corrected chi connectivity index (χ0v) is 15.9. The Morgan fingerprint density at radius 3 is 2.73 bits per heavy atom. The first-order valence-electron chi connectivity index (χ1n) is 9.49. The van der Waals surface area contributed by atoms with Crippen molar-refractivity contribution < 1.29 is 19.1 Å². The van der Waals surface area contributed by atoms with Crippen LogP contribution in [-0.4, -0.2) is 91.3 Å². The third kappa shape index (κ3) is 5.07. The molecule has 0 saturated carbocycles. The van der Waals surface area contributed by atoms with Crippen LogP contribution in [0.5, 0.6) is 0 Å². The number of hydrogen-bond donors (Lipinski definition) is 1. The minimum atomic E-state index is -0.712. The number of aliphatic hydroxyl groups is 1. The van der Waals surface area contributed by atoms with Gasteiger partial charge in [0.25, 0.3) is 5.91 Å². The molecule has 2 fully saturated rings. The highest BCUT2D eigenvalue weighted by atomic mass is 16.5. The number of nitrogens with zero attached hydrogens (tertiary/aromatic N) is 3. The molecule has 0 unspecified atom stereocenters. The summed E-state index contributed by atoms with van der Waals surface area (Å²) in [7, 11) is 3.93. The van der Waals surface area contributed by atoms with Gasteiger partial charge in [0.2, 0.25) is 0 Å². The van der Waals surface area contributed by atoms with Gasteiger partial charge in [-0.3, -0.25) is 9.69 Å². The summed E-state index contributed by atoms with van der Waals surface area (Å²) in [5.74, 6) is 0.810. The van der Waals surface area contributed by atoms with E-state index in [1.807, 2.05) is 30.0 Å². The third-order valence-electron chi connectivity index (χ3n) is 5.20. The highest BCUT2D eigenvalue weighted by molar-refractivity contribution is 5.94. The number of likely N-dealkylation sites (N-methyl/N-ethyl adjacent to an activating group) is 1. The lowest BCUT2D eigenvalue weighted by atomic mass is 9.94. The Balaban J connectivity index is 1.57. The Morgan fingerprint density at radius 2 is 2.00 bits per heavy atom. The first-order valence-corrected chi connectivity index (χ1v) is 9.49. The highest BCUT2D eigenvalue weighted by Crippen LogP contribution is 2.24. The van der Waals surface area contributed by atoms with Crippen molar-refractivity contribution in [2.24, 2.45) is 0 Å². The van der Waals surface area contributed by atoms with Gasteiger partial charge in [0, 0.05) is 32.7 Å². The summed E-state index contributed by atoms with van der Waals surface area (Å²) in [6, 6.07) is 1.86. The number of carbonyl (C=O) groups is 1. The maximum atomic E-state index is 12.8. The van der Waals surface area contributed by atoms with Crippen molar-refractivity contribution in [2.75, 3.05) is 60.0 Å². The van der Waals surface area contributed by atoms with Crippen LogP contribution >= 0.6 is 0 Å². The van der Waals surface area contributed by atoms with Crippen LogP contribution in [0.2, 0.25) is 0 Å². The van der Waals surface area contributed by atoms with Gasteiger partial charge in [0.1, 0.15) is 12.0 Å². The molecule has 2 aliphatic heterocycles. The number of amides is 1. The number of morpholine rings is 1. The Hall–Kier alpha value is -1.41. The van der Waals surface area contributed by atoms with Crippen LogP contribution in [0.1, 0.15) is 35.4 Å². The third-order valence-corrected chi connectivity index (χ3v) is 5.20. The standard InChI is InChI=1S/C19H31N3O4/c1-20(2)15-19(24)4-3-6-22(7-5-19)18(23)16-12-17(26-14-16)13-21-8-10-25-11-9-21/h12,14,24H,3-11,13,15H2,1-2H3/t19-/m1/s1. The summed E-state index contributed by atoms with van der Waals surface area (Å²) >= 11 is 0. The van der Waals surface area contributed by atoms with E-state index < -0.39 is 5.60 Å². The molecule has 0 bridgehead atoms. The molecule has 0 radical (unpaired) electrons. The Bertz CT molecular complexity index is 597. The van der Waals surface area contributed by atoms with E-state index in [2.05, 4.69) is 4.90 Å².